The van der Waals surface area contributed by atoms with Crippen LogP contribution in [0.3, 0.4) is 0 Å². The molecule has 1 aromatic carbocycles. The summed E-state index contributed by atoms with van der Waals surface area (Å²) in [6, 6.07) is 5.55. The van der Waals surface area contributed by atoms with E-state index >= 15 is 0 Å². The number of methoxy groups -OCH3 is 1. The Kier molecular flexibility index (Phi) is 4.63. The van der Waals surface area contributed by atoms with Crippen molar-refractivity contribution in [2.24, 2.45) is 5.92 Å². The van der Waals surface area contributed by atoms with Crippen LogP contribution in [0, 0.1) is 19.8 Å². The third-order valence-corrected chi connectivity index (χ3v) is 3.87. The molecule has 0 spiro atoms. The van der Waals surface area contributed by atoms with E-state index in [1.807, 2.05) is 32.0 Å². The van der Waals surface area contributed by atoms with Gasteiger partial charge in [-0.2, -0.15) is 0 Å². The lowest BCUT2D eigenvalue weighted by Crippen LogP contribution is -2.33. The monoisotopic (exact) mass is 291 g/mol. The van der Waals surface area contributed by atoms with Crippen LogP contribution in [0.15, 0.2) is 18.2 Å². The first-order valence-corrected chi connectivity index (χ1v) is 7.03. The fourth-order valence-electron chi connectivity index (χ4n) is 3.06. The van der Waals surface area contributed by atoms with Gasteiger partial charge in [0.2, 0.25) is 5.91 Å². The molecule has 0 saturated carbocycles. The molecule has 5 heteroatoms. The summed E-state index contributed by atoms with van der Waals surface area (Å²) in [6.45, 7) is 4.77. The summed E-state index contributed by atoms with van der Waals surface area (Å²) < 4.78 is 5.04. The normalized spacial score (nSPS) is 21.9. The van der Waals surface area contributed by atoms with Crippen molar-refractivity contribution in [2.45, 2.75) is 26.3 Å². The molecule has 114 valence electrons. The Morgan fingerprint density at radius 2 is 1.95 bits per heavy atom. The minimum atomic E-state index is -0.924. The Balaban J connectivity index is 2.40. The van der Waals surface area contributed by atoms with E-state index in [0.29, 0.717) is 13.2 Å². The largest absolute Gasteiger partial charge is 0.481 e. The number of rotatable bonds is 5. The Hall–Kier alpha value is -1.88. The summed E-state index contributed by atoms with van der Waals surface area (Å²) >= 11 is 0. The van der Waals surface area contributed by atoms with Gasteiger partial charge in [0.1, 0.15) is 0 Å². The van der Waals surface area contributed by atoms with Gasteiger partial charge in [0.25, 0.3) is 0 Å². The van der Waals surface area contributed by atoms with Gasteiger partial charge < -0.3 is 14.7 Å². The summed E-state index contributed by atoms with van der Waals surface area (Å²) in [5.74, 6) is -1.74. The van der Waals surface area contributed by atoms with E-state index in [4.69, 9.17) is 4.74 Å². The minimum absolute atomic E-state index is 0.0523. The highest BCUT2D eigenvalue weighted by Crippen LogP contribution is 2.38. The molecule has 1 fully saturated rings. The SMILES string of the molecule is COCCN1C(=O)CC(C(=O)O)C1c1cc(C)cc(C)c1. The Labute approximate surface area is 124 Å². The van der Waals surface area contributed by atoms with Crippen molar-refractivity contribution >= 4 is 11.9 Å². The molecule has 0 aromatic heterocycles. The van der Waals surface area contributed by atoms with Crippen LogP contribution in [-0.2, 0) is 14.3 Å². The second-order valence-corrected chi connectivity index (χ2v) is 5.59. The summed E-state index contributed by atoms with van der Waals surface area (Å²) in [6.07, 6.45) is 0.0523. The molecule has 2 rings (SSSR count). The topological polar surface area (TPSA) is 66.8 Å². The molecule has 1 heterocycles. The third-order valence-electron chi connectivity index (χ3n) is 3.87. The molecule has 1 aliphatic rings. The molecule has 0 radical (unpaired) electrons. The molecule has 1 amide bonds. The van der Waals surface area contributed by atoms with Gasteiger partial charge in [-0.15, -0.1) is 0 Å². The summed E-state index contributed by atoms with van der Waals surface area (Å²) in [4.78, 5) is 25.3. The second-order valence-electron chi connectivity index (χ2n) is 5.59. The molecule has 1 aliphatic heterocycles. The van der Waals surface area contributed by atoms with Gasteiger partial charge in [0.05, 0.1) is 18.6 Å². The number of carboxylic acids is 1. The van der Waals surface area contributed by atoms with Gasteiger partial charge in [-0.05, 0) is 19.4 Å². The van der Waals surface area contributed by atoms with Crippen LogP contribution in [-0.4, -0.2) is 42.1 Å². The van der Waals surface area contributed by atoms with E-state index in [1.165, 1.54) is 0 Å². The zero-order valence-corrected chi connectivity index (χ0v) is 12.6. The van der Waals surface area contributed by atoms with E-state index in [2.05, 4.69) is 0 Å². The van der Waals surface area contributed by atoms with Gasteiger partial charge >= 0.3 is 5.97 Å². The lowest BCUT2D eigenvalue weighted by molar-refractivity contribution is -0.142. The molecule has 1 N–H and O–H groups in total. The zero-order valence-electron chi connectivity index (χ0n) is 12.6. The minimum Gasteiger partial charge on any atom is -0.481 e. The molecule has 1 saturated heterocycles. The highest BCUT2D eigenvalue weighted by Gasteiger charge is 2.44. The molecule has 21 heavy (non-hydrogen) atoms. The van der Waals surface area contributed by atoms with Gasteiger partial charge in [0, 0.05) is 20.1 Å². The maximum Gasteiger partial charge on any atom is 0.309 e. The molecular weight excluding hydrogens is 270 g/mol. The van der Waals surface area contributed by atoms with Crippen LogP contribution < -0.4 is 0 Å². The summed E-state index contributed by atoms with van der Waals surface area (Å²) in [7, 11) is 1.57. The van der Waals surface area contributed by atoms with Crippen LogP contribution in [0.5, 0.6) is 0 Å². The first-order valence-electron chi connectivity index (χ1n) is 7.03. The number of carbonyl (C=O) groups excluding carboxylic acids is 1. The van der Waals surface area contributed by atoms with Crippen LogP contribution in [0.4, 0.5) is 0 Å². The Morgan fingerprint density at radius 1 is 1.33 bits per heavy atom. The zero-order chi connectivity index (χ0) is 15.6. The van der Waals surface area contributed by atoms with Gasteiger partial charge in [0.15, 0.2) is 0 Å². The summed E-state index contributed by atoms with van der Waals surface area (Å²) in [5, 5.41) is 9.43. The van der Waals surface area contributed by atoms with Gasteiger partial charge in [-0.25, -0.2) is 0 Å². The number of amides is 1. The number of ether oxygens (including phenoxy) is 1. The van der Waals surface area contributed by atoms with E-state index in [9.17, 15) is 14.7 Å². The maximum atomic E-state index is 12.2. The number of aryl methyl sites for hydroxylation is 2. The maximum absolute atomic E-state index is 12.2. The molecule has 5 nitrogen and oxygen atoms in total. The summed E-state index contributed by atoms with van der Waals surface area (Å²) in [5.41, 5.74) is 3.03. The standard InChI is InChI=1S/C16H21NO4/c1-10-6-11(2)8-12(7-10)15-13(16(19)20)9-14(18)17(15)4-5-21-3/h6-8,13,15H,4-5,9H2,1-3H3,(H,19,20). The number of carboxylic acid groups (broad SMARTS) is 1. The Bertz CT molecular complexity index is 535. The number of carbonyl (C=O) groups is 2. The lowest BCUT2D eigenvalue weighted by Gasteiger charge is -2.27. The highest BCUT2D eigenvalue weighted by atomic mass is 16.5. The quantitative estimate of drug-likeness (QED) is 0.900. The van der Waals surface area contributed by atoms with Crippen molar-refractivity contribution in [1.82, 2.24) is 4.90 Å². The lowest BCUT2D eigenvalue weighted by atomic mass is 9.91. The number of hydrogen-bond donors (Lipinski definition) is 1. The van der Waals surface area contributed by atoms with Gasteiger partial charge in [-0.1, -0.05) is 29.3 Å². The van der Waals surface area contributed by atoms with Crippen molar-refractivity contribution in [1.29, 1.82) is 0 Å². The van der Waals surface area contributed by atoms with Crippen LogP contribution in [0.1, 0.15) is 29.2 Å². The van der Waals surface area contributed by atoms with Crippen molar-refractivity contribution < 1.29 is 19.4 Å². The van der Waals surface area contributed by atoms with E-state index in [0.717, 1.165) is 16.7 Å². The predicted molar refractivity (Wildman–Crippen MR) is 78.0 cm³/mol. The van der Waals surface area contributed by atoms with Crippen molar-refractivity contribution in [3.8, 4) is 0 Å². The molecular formula is C16H21NO4. The van der Waals surface area contributed by atoms with Crippen LogP contribution >= 0.6 is 0 Å². The predicted octanol–water partition coefficient (Wildman–Crippen LogP) is 1.92. The Morgan fingerprint density at radius 3 is 2.48 bits per heavy atom. The smallest absolute Gasteiger partial charge is 0.309 e. The van der Waals surface area contributed by atoms with Crippen LogP contribution in [0.25, 0.3) is 0 Å². The van der Waals surface area contributed by atoms with E-state index in [1.54, 1.807) is 12.0 Å². The van der Waals surface area contributed by atoms with E-state index in [-0.39, 0.29) is 12.3 Å². The van der Waals surface area contributed by atoms with Crippen molar-refractivity contribution in [3.05, 3.63) is 34.9 Å². The molecule has 2 unspecified atom stereocenters. The first-order chi connectivity index (χ1) is 9.93. The highest BCUT2D eigenvalue weighted by molar-refractivity contribution is 5.87. The molecule has 1 aromatic rings. The van der Waals surface area contributed by atoms with Gasteiger partial charge in [-0.3, -0.25) is 9.59 Å². The van der Waals surface area contributed by atoms with Crippen LogP contribution in [0.2, 0.25) is 0 Å². The molecule has 2 atom stereocenters. The number of nitrogens with zero attached hydrogens (tertiary/aromatic N) is 1. The first kappa shape index (κ1) is 15.5. The fourth-order valence-corrected chi connectivity index (χ4v) is 3.06. The number of hydrogen-bond acceptors (Lipinski definition) is 3. The van der Waals surface area contributed by atoms with Crippen molar-refractivity contribution in [2.75, 3.05) is 20.3 Å². The number of aliphatic carboxylic acids is 1. The molecule has 0 bridgehead atoms. The fraction of sp³-hybridized carbons (Fsp3) is 0.500. The second kappa shape index (κ2) is 6.26. The third kappa shape index (κ3) is 3.24. The number of likely N-dealkylation sites (tertiary alicyclic amines) is 1. The van der Waals surface area contributed by atoms with Crippen molar-refractivity contribution in [3.63, 3.8) is 0 Å². The average Bonchev–Trinajstić information content (AvgIpc) is 2.72. The molecule has 0 aliphatic carbocycles. The number of benzene rings is 1. The average molecular weight is 291 g/mol. The van der Waals surface area contributed by atoms with E-state index < -0.39 is 17.9 Å².